The second-order valence-electron chi connectivity index (χ2n) is 4.88. The lowest BCUT2D eigenvalue weighted by Gasteiger charge is -2.17. The van der Waals surface area contributed by atoms with Gasteiger partial charge in [0.25, 0.3) is 0 Å². The maximum absolute atomic E-state index is 4.73. The van der Waals surface area contributed by atoms with Crippen molar-refractivity contribution in [3.8, 4) is 0 Å². The second kappa shape index (κ2) is 4.74. The quantitative estimate of drug-likeness (QED) is 0.407. The number of aliphatic imine (C=N–C) groups is 1. The number of aryl methyl sites for hydroxylation is 2. The summed E-state index contributed by atoms with van der Waals surface area (Å²) in [6, 6.07) is 6.40. The zero-order valence-corrected chi connectivity index (χ0v) is 11.1. The van der Waals surface area contributed by atoms with E-state index in [4.69, 9.17) is 4.99 Å². The van der Waals surface area contributed by atoms with Crippen molar-refractivity contribution < 1.29 is 0 Å². The summed E-state index contributed by atoms with van der Waals surface area (Å²) in [5.74, 6) is 1.10. The van der Waals surface area contributed by atoms with E-state index in [9.17, 15) is 0 Å². The summed E-state index contributed by atoms with van der Waals surface area (Å²) in [6.07, 6.45) is 2.26. The molecule has 1 aliphatic rings. The van der Waals surface area contributed by atoms with Gasteiger partial charge < -0.3 is 4.90 Å². The van der Waals surface area contributed by atoms with E-state index in [0.29, 0.717) is 0 Å². The Morgan fingerprint density at radius 1 is 1.24 bits per heavy atom. The van der Waals surface area contributed by atoms with Crippen molar-refractivity contribution in [1.82, 2.24) is 4.90 Å². The highest BCUT2D eigenvalue weighted by Gasteiger charge is 2.12. The van der Waals surface area contributed by atoms with Crippen LogP contribution in [0.15, 0.2) is 34.8 Å². The maximum atomic E-state index is 4.73. The summed E-state index contributed by atoms with van der Waals surface area (Å²) in [6.45, 7) is 10.5. The van der Waals surface area contributed by atoms with Gasteiger partial charge in [0.2, 0.25) is 0 Å². The molecule has 0 spiro atoms. The van der Waals surface area contributed by atoms with E-state index in [2.05, 4.69) is 56.9 Å². The topological polar surface area (TPSA) is 15.6 Å². The van der Waals surface area contributed by atoms with Crippen molar-refractivity contribution >= 4 is 11.5 Å². The molecule has 0 aliphatic carbocycles. The van der Waals surface area contributed by atoms with Gasteiger partial charge in [-0.25, -0.2) is 4.99 Å². The van der Waals surface area contributed by atoms with E-state index in [0.717, 1.165) is 24.6 Å². The number of hydrogen-bond acceptors (Lipinski definition) is 1. The van der Waals surface area contributed by atoms with Crippen LogP contribution in [0.4, 0.5) is 5.69 Å². The number of amidine groups is 1. The van der Waals surface area contributed by atoms with Crippen molar-refractivity contribution in [3.05, 3.63) is 41.0 Å². The third-order valence-electron chi connectivity index (χ3n) is 3.19. The summed E-state index contributed by atoms with van der Waals surface area (Å²) in [4.78, 5) is 7.03. The van der Waals surface area contributed by atoms with Crippen molar-refractivity contribution in [3.63, 3.8) is 0 Å². The highest BCUT2D eigenvalue weighted by atomic mass is 15.2. The highest BCUT2D eigenvalue weighted by molar-refractivity contribution is 5.83. The van der Waals surface area contributed by atoms with E-state index >= 15 is 0 Å². The predicted molar refractivity (Wildman–Crippen MR) is 74.0 cm³/mol. The van der Waals surface area contributed by atoms with Crippen LogP contribution < -0.4 is 0 Å². The molecule has 0 fully saturated rings. The molecule has 0 saturated carbocycles. The van der Waals surface area contributed by atoms with Gasteiger partial charge in [0.05, 0.1) is 5.69 Å². The van der Waals surface area contributed by atoms with Gasteiger partial charge in [0.1, 0.15) is 5.84 Å². The molecule has 2 heteroatoms. The lowest BCUT2D eigenvalue weighted by atomic mass is 10.1. The minimum atomic E-state index is 0.992. The molecule has 0 radical (unpaired) electrons. The Kier molecular flexibility index (Phi) is 3.32. The van der Waals surface area contributed by atoms with Crippen molar-refractivity contribution in [2.75, 3.05) is 13.1 Å². The van der Waals surface area contributed by atoms with Gasteiger partial charge in [-0.1, -0.05) is 29.3 Å². The van der Waals surface area contributed by atoms with Gasteiger partial charge in [0, 0.05) is 13.1 Å². The van der Waals surface area contributed by atoms with Crippen LogP contribution in [-0.2, 0) is 0 Å². The minimum absolute atomic E-state index is 0.992. The number of hydrogen-bond donors (Lipinski definition) is 0. The fourth-order valence-electron chi connectivity index (χ4n) is 2.12. The predicted octanol–water partition coefficient (Wildman–Crippen LogP) is 3.62. The van der Waals surface area contributed by atoms with Gasteiger partial charge in [-0.2, -0.15) is 0 Å². The van der Waals surface area contributed by atoms with Gasteiger partial charge in [-0.05, 0) is 39.3 Å². The molecule has 1 aromatic rings. The molecule has 0 unspecified atom stereocenters. The average molecular weight is 228 g/mol. The Bertz CT molecular complexity index is 484. The molecule has 0 amide bonds. The Balaban J connectivity index is 2.18. The first-order chi connectivity index (χ1) is 8.06. The maximum Gasteiger partial charge on any atom is 0.102 e. The van der Waals surface area contributed by atoms with E-state index in [1.807, 2.05) is 0 Å². The summed E-state index contributed by atoms with van der Waals surface area (Å²) < 4.78 is 0. The first-order valence-corrected chi connectivity index (χ1v) is 6.09. The number of rotatable bonds is 1. The summed E-state index contributed by atoms with van der Waals surface area (Å²) >= 11 is 0. The zero-order valence-electron chi connectivity index (χ0n) is 11.1. The highest BCUT2D eigenvalue weighted by Crippen LogP contribution is 2.21. The van der Waals surface area contributed by atoms with E-state index in [1.165, 1.54) is 16.7 Å². The molecule has 0 saturated heterocycles. The Morgan fingerprint density at radius 2 is 2.00 bits per heavy atom. The Morgan fingerprint density at radius 3 is 2.59 bits per heavy atom. The molecule has 2 nitrogen and oxygen atoms in total. The van der Waals surface area contributed by atoms with Crippen LogP contribution in [0.25, 0.3) is 0 Å². The van der Waals surface area contributed by atoms with E-state index < -0.39 is 0 Å². The van der Waals surface area contributed by atoms with Crippen molar-refractivity contribution in [2.45, 2.75) is 27.7 Å². The van der Waals surface area contributed by atoms with E-state index in [1.54, 1.807) is 0 Å². The average Bonchev–Trinajstić information content (AvgIpc) is 2.69. The fraction of sp³-hybridized carbons (Fsp3) is 0.400. The Hall–Kier alpha value is -1.57. The van der Waals surface area contributed by atoms with E-state index in [-0.39, 0.29) is 0 Å². The third kappa shape index (κ3) is 2.76. The molecule has 0 atom stereocenters. The molecule has 1 aliphatic heterocycles. The van der Waals surface area contributed by atoms with Gasteiger partial charge in [-0.15, -0.1) is 0 Å². The van der Waals surface area contributed by atoms with Crippen LogP contribution in [-0.4, -0.2) is 23.8 Å². The monoisotopic (exact) mass is 228 g/mol. The third-order valence-corrected chi connectivity index (χ3v) is 3.19. The standard InChI is InChI=1S/C15H20N2/c1-11-5-6-15(13(3)9-11)16-14(4)17-8-7-12(2)10-17/h5-7,9H,8,10H2,1-4H3. The van der Waals surface area contributed by atoms with Gasteiger partial charge in [0.15, 0.2) is 0 Å². The molecular weight excluding hydrogens is 208 g/mol. The lowest BCUT2D eigenvalue weighted by molar-refractivity contribution is 0.530. The minimum Gasteiger partial charge on any atom is -0.353 e. The summed E-state index contributed by atoms with van der Waals surface area (Å²) in [7, 11) is 0. The van der Waals surface area contributed by atoms with Crippen molar-refractivity contribution in [2.24, 2.45) is 4.99 Å². The first kappa shape index (κ1) is 11.9. The molecule has 0 bridgehead atoms. The van der Waals surface area contributed by atoms with Crippen molar-refractivity contribution in [1.29, 1.82) is 0 Å². The molecule has 0 aromatic heterocycles. The largest absolute Gasteiger partial charge is 0.353 e. The van der Waals surface area contributed by atoms with Crippen LogP contribution in [0, 0.1) is 13.8 Å². The van der Waals surface area contributed by atoms with Crippen LogP contribution in [0.5, 0.6) is 0 Å². The van der Waals surface area contributed by atoms with Crippen LogP contribution in [0.3, 0.4) is 0 Å². The van der Waals surface area contributed by atoms with Crippen LogP contribution in [0.1, 0.15) is 25.0 Å². The molecular formula is C15H20N2. The van der Waals surface area contributed by atoms with Gasteiger partial charge in [-0.3, -0.25) is 0 Å². The van der Waals surface area contributed by atoms with Gasteiger partial charge >= 0.3 is 0 Å². The Labute approximate surface area is 104 Å². The van der Waals surface area contributed by atoms with Crippen LogP contribution in [0.2, 0.25) is 0 Å². The van der Waals surface area contributed by atoms with Crippen LogP contribution >= 0.6 is 0 Å². The summed E-state index contributed by atoms with van der Waals surface area (Å²) in [5.41, 5.74) is 5.05. The lowest BCUT2D eigenvalue weighted by Crippen LogP contribution is -2.26. The molecule has 17 heavy (non-hydrogen) atoms. The number of nitrogens with zero attached hydrogens (tertiary/aromatic N) is 2. The molecule has 0 N–H and O–H groups in total. The molecule has 1 heterocycles. The zero-order chi connectivity index (χ0) is 12.4. The fourth-order valence-corrected chi connectivity index (χ4v) is 2.12. The molecule has 90 valence electrons. The first-order valence-electron chi connectivity index (χ1n) is 6.09. The summed E-state index contributed by atoms with van der Waals surface area (Å²) in [5, 5.41) is 0. The second-order valence-corrected chi connectivity index (χ2v) is 4.88. The normalized spacial score (nSPS) is 16.4. The SMILES string of the molecule is CC1=CCN(C(C)=Nc2ccc(C)cc2C)C1. The molecule has 1 aromatic carbocycles. The number of benzene rings is 1. The molecule has 2 rings (SSSR count). The smallest absolute Gasteiger partial charge is 0.102 e.